The van der Waals surface area contributed by atoms with E-state index in [0.29, 0.717) is 5.56 Å². The fraction of sp³-hybridized carbons (Fsp3) is 0.150. The van der Waals surface area contributed by atoms with E-state index in [1.54, 1.807) is 0 Å². The number of ether oxygens (including phenoxy) is 1. The molecule has 1 heterocycles. The molecule has 0 amide bonds. The number of aromatic hydroxyl groups is 5. The average molecular weight is 384 g/mol. The Labute approximate surface area is 157 Å². The standard InChI is InChI=1S/C20H16O8/c21-8-5-14(24)11-7-15(25)20(28-16(11)6-8)10-2-4-13(23)19(27)17-9(10)1-3-12(22)18(17)26/h1-6,15,20-22,24-26H,7H2,(H,23,27). The van der Waals surface area contributed by atoms with Gasteiger partial charge in [-0.15, -0.1) is 0 Å². The van der Waals surface area contributed by atoms with Gasteiger partial charge in [0.05, 0.1) is 11.5 Å². The summed E-state index contributed by atoms with van der Waals surface area (Å²) >= 11 is 0. The number of hydrogen-bond donors (Lipinski definition) is 6. The van der Waals surface area contributed by atoms with Gasteiger partial charge in [0.25, 0.3) is 0 Å². The van der Waals surface area contributed by atoms with Gasteiger partial charge in [-0.3, -0.25) is 4.79 Å². The van der Waals surface area contributed by atoms with E-state index in [1.807, 2.05) is 0 Å². The van der Waals surface area contributed by atoms with Crippen LogP contribution >= 0.6 is 0 Å². The molecule has 144 valence electrons. The third-order valence-corrected chi connectivity index (χ3v) is 4.84. The van der Waals surface area contributed by atoms with E-state index >= 15 is 0 Å². The Morgan fingerprint density at radius 2 is 1.61 bits per heavy atom. The van der Waals surface area contributed by atoms with Crippen LogP contribution in [0.5, 0.6) is 34.5 Å². The number of fused-ring (bicyclic) bond motifs is 2. The first-order valence-electron chi connectivity index (χ1n) is 8.38. The van der Waals surface area contributed by atoms with Gasteiger partial charge in [-0.05, 0) is 23.6 Å². The van der Waals surface area contributed by atoms with Gasteiger partial charge in [0, 0.05) is 29.7 Å². The molecule has 28 heavy (non-hydrogen) atoms. The summed E-state index contributed by atoms with van der Waals surface area (Å²) in [5.74, 6) is -2.18. The van der Waals surface area contributed by atoms with E-state index in [0.717, 1.165) is 12.1 Å². The monoisotopic (exact) mass is 384 g/mol. The van der Waals surface area contributed by atoms with Crippen LogP contribution in [0.4, 0.5) is 0 Å². The summed E-state index contributed by atoms with van der Waals surface area (Å²) in [6.07, 6.45) is -2.17. The van der Waals surface area contributed by atoms with E-state index in [1.165, 1.54) is 24.3 Å². The Balaban J connectivity index is 1.97. The lowest BCUT2D eigenvalue weighted by Gasteiger charge is -2.31. The number of phenolic OH excluding ortho intramolecular Hbond substituents is 4. The van der Waals surface area contributed by atoms with Crippen molar-refractivity contribution in [3.05, 3.63) is 57.7 Å². The highest BCUT2D eigenvalue weighted by atomic mass is 16.5. The molecular formula is C20H16O8. The number of aliphatic hydroxyl groups is 1. The Hall–Kier alpha value is -3.65. The minimum Gasteiger partial charge on any atom is -0.508 e. The van der Waals surface area contributed by atoms with Crippen molar-refractivity contribution in [1.82, 2.24) is 0 Å². The zero-order valence-electron chi connectivity index (χ0n) is 14.3. The number of phenols is 4. The van der Waals surface area contributed by atoms with Crippen molar-refractivity contribution in [2.75, 3.05) is 0 Å². The molecule has 0 saturated carbocycles. The van der Waals surface area contributed by atoms with Gasteiger partial charge in [-0.2, -0.15) is 0 Å². The SMILES string of the molecule is O=c1c(O)ccc(C2Oc3cc(O)cc(O)c3CC2O)c2ccc(O)c(O)c12. The highest BCUT2D eigenvalue weighted by molar-refractivity contribution is 5.93. The summed E-state index contributed by atoms with van der Waals surface area (Å²) in [5, 5.41) is 60.0. The average Bonchev–Trinajstić information content (AvgIpc) is 2.76. The van der Waals surface area contributed by atoms with Crippen molar-refractivity contribution in [1.29, 1.82) is 0 Å². The van der Waals surface area contributed by atoms with E-state index in [-0.39, 0.29) is 40.0 Å². The quantitative estimate of drug-likeness (QED) is 0.348. The third-order valence-electron chi connectivity index (χ3n) is 4.84. The summed E-state index contributed by atoms with van der Waals surface area (Å²) in [5.41, 5.74) is -0.307. The first kappa shape index (κ1) is 17.7. The van der Waals surface area contributed by atoms with Gasteiger partial charge in [0.1, 0.15) is 17.2 Å². The van der Waals surface area contributed by atoms with Gasteiger partial charge in [0.2, 0.25) is 5.43 Å². The molecule has 0 aliphatic carbocycles. The maximum atomic E-state index is 12.4. The maximum Gasteiger partial charge on any atom is 0.231 e. The molecule has 0 bridgehead atoms. The van der Waals surface area contributed by atoms with Crippen LogP contribution in [0.2, 0.25) is 0 Å². The Morgan fingerprint density at radius 1 is 0.893 bits per heavy atom. The second kappa shape index (κ2) is 6.21. The van der Waals surface area contributed by atoms with E-state index in [9.17, 15) is 35.4 Å². The fourth-order valence-corrected chi connectivity index (χ4v) is 3.49. The van der Waals surface area contributed by atoms with Gasteiger partial charge in [-0.1, -0.05) is 6.07 Å². The minimum absolute atomic E-state index is 0.00644. The second-order valence-corrected chi connectivity index (χ2v) is 6.61. The van der Waals surface area contributed by atoms with Crippen LogP contribution < -0.4 is 10.2 Å². The summed E-state index contributed by atoms with van der Waals surface area (Å²) in [6, 6.07) is 7.45. The molecule has 8 nitrogen and oxygen atoms in total. The molecule has 4 rings (SSSR count). The van der Waals surface area contributed by atoms with Crippen molar-refractivity contribution < 1.29 is 35.4 Å². The normalized spacial score (nSPS) is 18.5. The zero-order valence-corrected chi connectivity index (χ0v) is 14.3. The summed E-state index contributed by atoms with van der Waals surface area (Å²) in [4.78, 5) is 12.4. The predicted octanol–water partition coefficient (Wildman–Crippen LogP) is 1.77. The smallest absolute Gasteiger partial charge is 0.231 e. The van der Waals surface area contributed by atoms with Crippen molar-refractivity contribution in [2.24, 2.45) is 0 Å². The van der Waals surface area contributed by atoms with Crippen LogP contribution in [0, 0.1) is 0 Å². The highest BCUT2D eigenvalue weighted by Crippen LogP contribution is 2.44. The molecule has 3 aromatic rings. The molecule has 0 fully saturated rings. The highest BCUT2D eigenvalue weighted by Gasteiger charge is 2.33. The molecule has 2 unspecified atom stereocenters. The number of benzene rings is 2. The van der Waals surface area contributed by atoms with Crippen molar-refractivity contribution in [3.63, 3.8) is 0 Å². The van der Waals surface area contributed by atoms with Crippen molar-refractivity contribution in [2.45, 2.75) is 18.6 Å². The summed E-state index contributed by atoms with van der Waals surface area (Å²) in [6.45, 7) is 0. The molecule has 6 N–H and O–H groups in total. The Bertz CT molecular complexity index is 1170. The first-order valence-corrected chi connectivity index (χ1v) is 8.38. The molecule has 0 saturated heterocycles. The van der Waals surface area contributed by atoms with Gasteiger partial charge in [0.15, 0.2) is 23.4 Å². The van der Waals surface area contributed by atoms with Gasteiger partial charge < -0.3 is 35.4 Å². The molecule has 0 spiro atoms. The molecule has 3 aromatic carbocycles. The minimum atomic E-state index is -1.14. The van der Waals surface area contributed by atoms with E-state index < -0.39 is 34.9 Å². The van der Waals surface area contributed by atoms with Gasteiger partial charge >= 0.3 is 0 Å². The van der Waals surface area contributed by atoms with E-state index in [4.69, 9.17) is 4.74 Å². The van der Waals surface area contributed by atoms with Gasteiger partial charge in [-0.25, -0.2) is 0 Å². The molecule has 1 aliphatic heterocycles. The summed E-state index contributed by atoms with van der Waals surface area (Å²) < 4.78 is 5.79. The second-order valence-electron chi connectivity index (χ2n) is 6.61. The molecule has 0 aromatic heterocycles. The fourth-order valence-electron chi connectivity index (χ4n) is 3.49. The van der Waals surface area contributed by atoms with Crippen LogP contribution in [-0.4, -0.2) is 36.7 Å². The largest absolute Gasteiger partial charge is 0.508 e. The topological polar surface area (TPSA) is 148 Å². The van der Waals surface area contributed by atoms with Crippen LogP contribution in [-0.2, 0) is 6.42 Å². The van der Waals surface area contributed by atoms with Crippen molar-refractivity contribution >= 4 is 10.8 Å². The molecule has 1 aliphatic rings. The van der Waals surface area contributed by atoms with Crippen molar-refractivity contribution in [3.8, 4) is 34.5 Å². The van der Waals surface area contributed by atoms with Crippen LogP contribution in [0.25, 0.3) is 10.8 Å². The number of hydrogen-bond acceptors (Lipinski definition) is 8. The first-order chi connectivity index (χ1) is 13.3. The predicted molar refractivity (Wildman–Crippen MR) is 98.1 cm³/mol. The maximum absolute atomic E-state index is 12.4. The lowest BCUT2D eigenvalue weighted by molar-refractivity contribution is 0.0206. The molecule has 2 atom stereocenters. The zero-order chi connectivity index (χ0) is 20.2. The molecule has 0 radical (unpaired) electrons. The summed E-state index contributed by atoms with van der Waals surface area (Å²) in [7, 11) is 0. The Kier molecular flexibility index (Phi) is 3.93. The third kappa shape index (κ3) is 2.62. The van der Waals surface area contributed by atoms with Crippen LogP contribution in [0.3, 0.4) is 0 Å². The number of rotatable bonds is 1. The van der Waals surface area contributed by atoms with Crippen LogP contribution in [0.15, 0.2) is 41.2 Å². The lowest BCUT2D eigenvalue weighted by atomic mass is 9.92. The number of aliphatic hydroxyl groups excluding tert-OH is 1. The molecular weight excluding hydrogens is 368 g/mol. The van der Waals surface area contributed by atoms with Crippen LogP contribution in [0.1, 0.15) is 17.2 Å². The Morgan fingerprint density at radius 3 is 2.36 bits per heavy atom. The molecule has 8 heteroatoms. The van der Waals surface area contributed by atoms with E-state index in [2.05, 4.69) is 0 Å². The lowest BCUT2D eigenvalue weighted by Crippen LogP contribution is -2.30.